The Balaban J connectivity index is -0.00000000377. The van der Waals surface area contributed by atoms with Crippen LogP contribution in [0, 0.1) is 0 Å². The summed E-state index contributed by atoms with van der Waals surface area (Å²) >= 11 is 0. The summed E-state index contributed by atoms with van der Waals surface area (Å²) in [6.07, 6.45) is 2.70. The second-order valence-electron chi connectivity index (χ2n) is 2.41. The van der Waals surface area contributed by atoms with E-state index in [1.54, 1.807) is 0 Å². The van der Waals surface area contributed by atoms with Crippen LogP contribution in [0.4, 0.5) is 0 Å². The molecular formula is C25H84O3. The number of rotatable bonds is 6. The molecule has 3 heteroatoms. The lowest BCUT2D eigenvalue weighted by atomic mass is 10.5. The maximum atomic E-state index is 8.29. The fourth-order valence-electron chi connectivity index (χ4n) is 0.413. The van der Waals surface area contributed by atoms with E-state index in [4.69, 9.17) is 14.9 Å². The molecule has 0 atom stereocenters. The van der Waals surface area contributed by atoms with Gasteiger partial charge in [-0.3, -0.25) is 0 Å². The SMILES string of the molecule is C.C.C.C.C.C.C.C.C.C.C.C.C.C.CC.CCCO.CCCOCCCO. The van der Waals surface area contributed by atoms with Crippen LogP contribution in [-0.2, 0) is 4.74 Å². The maximum Gasteiger partial charge on any atom is 0.0487 e. The highest BCUT2D eigenvalue weighted by molar-refractivity contribution is 4.30. The predicted molar refractivity (Wildman–Crippen MR) is 156 cm³/mol. The smallest absolute Gasteiger partial charge is 0.0487 e. The van der Waals surface area contributed by atoms with E-state index in [-0.39, 0.29) is 111 Å². The molecule has 202 valence electrons. The largest absolute Gasteiger partial charge is 0.396 e. The van der Waals surface area contributed by atoms with Crippen LogP contribution >= 0.6 is 0 Å². The van der Waals surface area contributed by atoms with Gasteiger partial charge in [-0.2, -0.15) is 0 Å². The normalized spacial score (nSPS) is 4.07. The van der Waals surface area contributed by atoms with E-state index in [0.717, 1.165) is 25.9 Å². The second-order valence-corrected chi connectivity index (χ2v) is 2.41. The van der Waals surface area contributed by atoms with E-state index in [0.29, 0.717) is 13.2 Å². The first-order valence-corrected chi connectivity index (χ1v) is 5.62. The average Bonchev–Trinajstić information content (AvgIpc) is 2.28. The third-order valence-electron chi connectivity index (χ3n) is 1.02. The predicted octanol–water partition coefficient (Wildman–Crippen LogP) is 11.1. The Labute approximate surface area is 192 Å². The lowest BCUT2D eigenvalue weighted by Gasteiger charge is -1.97. The van der Waals surface area contributed by atoms with Gasteiger partial charge in [0.25, 0.3) is 0 Å². The van der Waals surface area contributed by atoms with Crippen molar-refractivity contribution in [1.29, 1.82) is 0 Å². The number of aliphatic hydroxyl groups is 2. The Hall–Kier alpha value is -0.120. The van der Waals surface area contributed by atoms with Gasteiger partial charge in [0.05, 0.1) is 0 Å². The minimum atomic E-state index is 0. The molecule has 0 saturated carbocycles. The molecule has 0 aliphatic carbocycles. The van der Waals surface area contributed by atoms with E-state index in [1.807, 2.05) is 20.8 Å². The molecule has 0 saturated heterocycles. The average molecular weight is 433 g/mol. The lowest BCUT2D eigenvalue weighted by Crippen LogP contribution is -1.97. The minimum absolute atomic E-state index is 0. The van der Waals surface area contributed by atoms with Crippen LogP contribution in [0.25, 0.3) is 0 Å². The van der Waals surface area contributed by atoms with Gasteiger partial charge in [0.1, 0.15) is 0 Å². The number of hydrogen-bond donors (Lipinski definition) is 2. The Morgan fingerprint density at radius 3 is 0.857 bits per heavy atom. The number of aliphatic hydroxyl groups excluding tert-OH is 2. The first kappa shape index (κ1) is 170. The summed E-state index contributed by atoms with van der Waals surface area (Å²) in [6, 6.07) is 0. The van der Waals surface area contributed by atoms with E-state index in [1.165, 1.54) is 0 Å². The molecule has 0 bridgehead atoms. The molecule has 0 aromatic heterocycles. The zero-order valence-corrected chi connectivity index (χ0v) is 10.3. The highest BCUT2D eigenvalue weighted by Gasteiger charge is 1.82. The highest BCUT2D eigenvalue weighted by Crippen LogP contribution is 1.82. The van der Waals surface area contributed by atoms with Gasteiger partial charge >= 0.3 is 0 Å². The first-order valence-electron chi connectivity index (χ1n) is 5.62. The van der Waals surface area contributed by atoms with E-state index >= 15 is 0 Å². The van der Waals surface area contributed by atoms with Crippen molar-refractivity contribution in [1.82, 2.24) is 0 Å². The molecule has 0 rings (SSSR count). The van der Waals surface area contributed by atoms with Crippen LogP contribution in [0.5, 0.6) is 0 Å². The van der Waals surface area contributed by atoms with Gasteiger partial charge in [-0.05, 0) is 19.3 Å². The van der Waals surface area contributed by atoms with Gasteiger partial charge in [-0.1, -0.05) is 132 Å². The van der Waals surface area contributed by atoms with Crippen molar-refractivity contribution in [2.24, 2.45) is 0 Å². The molecule has 0 amide bonds. The van der Waals surface area contributed by atoms with Crippen molar-refractivity contribution < 1.29 is 14.9 Å². The molecule has 0 unspecified atom stereocenters. The van der Waals surface area contributed by atoms with Gasteiger partial charge in [0.2, 0.25) is 0 Å². The standard InChI is InChI=1S/C6H14O2.C3H8O.C2H6.14CH4/c1-2-5-8-6-3-4-7;1-2-3-4;1-2;;;;;;;;;;;;;;/h7H,2-6H2,1H3;4H,2-3H2,1H3;1-2H3;14*1H4. The third-order valence-corrected chi connectivity index (χ3v) is 1.02. The monoisotopic (exact) mass is 433 g/mol. The molecule has 0 aromatic carbocycles. The van der Waals surface area contributed by atoms with E-state index in [9.17, 15) is 0 Å². The Morgan fingerprint density at radius 2 is 0.714 bits per heavy atom. The van der Waals surface area contributed by atoms with Gasteiger partial charge in [-0.15, -0.1) is 0 Å². The molecule has 0 aliphatic heterocycles. The first-order chi connectivity index (χ1) is 6.83. The Morgan fingerprint density at radius 1 is 0.464 bits per heavy atom. The van der Waals surface area contributed by atoms with E-state index < -0.39 is 0 Å². The van der Waals surface area contributed by atoms with Crippen molar-refractivity contribution in [3.63, 3.8) is 0 Å². The third kappa shape index (κ3) is 463. The summed E-state index contributed by atoms with van der Waals surface area (Å²) in [5.74, 6) is 0. The molecule has 28 heavy (non-hydrogen) atoms. The van der Waals surface area contributed by atoms with Gasteiger partial charge in [0, 0.05) is 26.4 Å². The van der Waals surface area contributed by atoms with Crippen molar-refractivity contribution in [3.8, 4) is 0 Å². The minimum Gasteiger partial charge on any atom is -0.396 e. The lowest BCUT2D eigenvalue weighted by molar-refractivity contribution is 0.116. The van der Waals surface area contributed by atoms with Crippen molar-refractivity contribution in [3.05, 3.63) is 0 Å². The van der Waals surface area contributed by atoms with Crippen LogP contribution in [0.15, 0.2) is 0 Å². The topological polar surface area (TPSA) is 49.7 Å². The van der Waals surface area contributed by atoms with Crippen LogP contribution in [0.3, 0.4) is 0 Å². The molecule has 2 N–H and O–H groups in total. The van der Waals surface area contributed by atoms with Crippen molar-refractivity contribution in [2.45, 2.75) is 151 Å². The molecule has 0 aliphatic rings. The molecule has 0 radical (unpaired) electrons. The van der Waals surface area contributed by atoms with Gasteiger partial charge in [-0.25, -0.2) is 0 Å². The van der Waals surface area contributed by atoms with Gasteiger partial charge < -0.3 is 14.9 Å². The fourth-order valence-corrected chi connectivity index (χ4v) is 0.413. The van der Waals surface area contributed by atoms with E-state index in [2.05, 4.69) is 6.92 Å². The molecule has 0 aromatic rings. The molecule has 0 fully saturated rings. The zero-order valence-electron chi connectivity index (χ0n) is 10.3. The quantitative estimate of drug-likeness (QED) is 0.410. The molecular weight excluding hydrogens is 348 g/mol. The summed E-state index contributed by atoms with van der Waals surface area (Å²) in [7, 11) is 0. The zero-order chi connectivity index (χ0) is 11.7. The Bertz CT molecular complexity index is 53.8. The highest BCUT2D eigenvalue weighted by atomic mass is 16.5. The van der Waals surface area contributed by atoms with Crippen LogP contribution < -0.4 is 0 Å². The summed E-state index contributed by atoms with van der Waals surface area (Å²) in [5, 5.41) is 16.2. The summed E-state index contributed by atoms with van der Waals surface area (Å²) in [5.41, 5.74) is 0. The number of hydrogen-bond acceptors (Lipinski definition) is 3. The molecule has 0 heterocycles. The van der Waals surface area contributed by atoms with Crippen molar-refractivity contribution in [2.75, 3.05) is 26.4 Å². The van der Waals surface area contributed by atoms with Crippen LogP contribution in [-0.4, -0.2) is 36.6 Å². The van der Waals surface area contributed by atoms with Crippen molar-refractivity contribution >= 4 is 0 Å². The summed E-state index contributed by atoms with van der Waals surface area (Å²) in [6.45, 7) is 10.1. The number of ether oxygens (including phenoxy) is 1. The maximum absolute atomic E-state index is 8.29. The Kier molecular flexibility index (Phi) is 1760. The fraction of sp³-hybridized carbons (Fsp3) is 1.00. The van der Waals surface area contributed by atoms with Crippen LogP contribution in [0.2, 0.25) is 0 Å². The summed E-state index contributed by atoms with van der Waals surface area (Å²) in [4.78, 5) is 0. The van der Waals surface area contributed by atoms with Crippen LogP contribution in [0.1, 0.15) is 151 Å². The second kappa shape index (κ2) is 290. The molecule has 3 nitrogen and oxygen atoms in total. The van der Waals surface area contributed by atoms with Gasteiger partial charge in [0.15, 0.2) is 0 Å². The summed E-state index contributed by atoms with van der Waals surface area (Å²) < 4.78 is 5.06. The molecule has 0 spiro atoms.